The van der Waals surface area contributed by atoms with Crippen LogP contribution in [0.25, 0.3) is 0 Å². The molecule has 0 aliphatic carbocycles. The molecule has 324 valence electrons. The molecule has 0 amide bonds. The van der Waals surface area contributed by atoms with Crippen molar-refractivity contribution in [1.29, 1.82) is 0 Å². The summed E-state index contributed by atoms with van der Waals surface area (Å²) in [5.74, 6) is -0.308. The normalized spacial score (nSPS) is 28.1. The fourth-order valence-electron chi connectivity index (χ4n) is 9.42. The first-order valence-corrected chi connectivity index (χ1v) is 23.6. The zero-order valence-electron chi connectivity index (χ0n) is 33.2. The van der Waals surface area contributed by atoms with Crippen LogP contribution in [-0.2, 0) is 44.5 Å². The Labute approximate surface area is 383 Å². The van der Waals surface area contributed by atoms with E-state index < -0.39 is 23.1 Å². The van der Waals surface area contributed by atoms with Crippen LogP contribution in [0.1, 0.15) is 45.2 Å². The van der Waals surface area contributed by atoms with Crippen LogP contribution in [0.15, 0.2) is 70.1 Å². The van der Waals surface area contributed by atoms with Crippen molar-refractivity contribution in [3.8, 4) is 0 Å². The number of ether oxygens (including phenoxy) is 5. The molecule has 17 heteroatoms. The largest absolute Gasteiger partial charge is 1.00 e. The Hall–Kier alpha value is -1.58. The number of quaternary nitrogens is 2. The zero-order chi connectivity index (χ0) is 39.5. The monoisotopic (exact) mass is 1020 g/mol. The molecule has 4 bridgehead atoms. The van der Waals surface area contributed by atoms with Crippen LogP contribution in [0.3, 0.4) is 0 Å². The predicted octanol–water partition coefficient (Wildman–Crippen LogP) is -0.535. The number of halogens is 2. The second-order valence-electron chi connectivity index (χ2n) is 16.3. The van der Waals surface area contributed by atoms with E-state index >= 15 is 0 Å². The molecule has 7 saturated heterocycles. The molecule has 11 rings (SSSR count). The summed E-state index contributed by atoms with van der Waals surface area (Å²) < 4.78 is 30.2. The number of thiophene rings is 4. The highest BCUT2D eigenvalue weighted by Crippen LogP contribution is 2.42. The summed E-state index contributed by atoms with van der Waals surface area (Å²) in [6, 6.07) is 14.6. The highest BCUT2D eigenvalue weighted by molar-refractivity contribution is 7.12. The summed E-state index contributed by atoms with van der Waals surface area (Å²) in [4.78, 5) is 29.0. The zero-order valence-corrected chi connectivity index (χ0v) is 39.6. The summed E-state index contributed by atoms with van der Waals surface area (Å²) >= 11 is 5.52. The molecule has 1 unspecified atom stereocenters. The predicted molar refractivity (Wildman–Crippen MR) is 220 cm³/mol. The van der Waals surface area contributed by atoms with E-state index in [1.54, 1.807) is 31.4 Å². The topological polar surface area (TPSA) is 124 Å². The first-order chi connectivity index (χ1) is 27.7. The maximum atomic E-state index is 13.3. The molecule has 59 heavy (non-hydrogen) atoms. The lowest BCUT2D eigenvalue weighted by Crippen LogP contribution is -3.00. The Morgan fingerprint density at radius 3 is 1.46 bits per heavy atom. The molecule has 0 aromatic carbocycles. The van der Waals surface area contributed by atoms with Crippen molar-refractivity contribution < 1.29 is 86.4 Å². The van der Waals surface area contributed by atoms with Gasteiger partial charge in [-0.3, -0.25) is 0 Å². The molecule has 2 N–H and O–H groups in total. The number of esters is 2. The van der Waals surface area contributed by atoms with Gasteiger partial charge in [-0.05, 0) is 45.8 Å². The standard InChI is InChI=1S/C22H30NO5S2.C20H24NO4S2.2BrH/c1-26-12-13-27-11-10-23-8-6-17(7-9-23)18(16-23)28-21(24)22(25,19-4-2-14-29-19)20-5-3-15-30-20;22-19(20(23,17-3-1-9-26-17)18-4-2-10-27-18)25-16-12-21(11-15-13-24-15)7-5-14(16)6-8-21;;/h2-5,14-15,17-18,25H,6-13,16H2,1H3;1-4,9-10,14-16,23H,5-8,11-13H2;2*1H/q2*+1;;/p-2/t17?,18-,23?;14?,15?,16-,21?;;/m00../s1. The van der Waals surface area contributed by atoms with Gasteiger partial charge in [0.1, 0.15) is 32.3 Å². The Bertz CT molecular complexity index is 1810. The number of carbonyl (C=O) groups is 2. The van der Waals surface area contributed by atoms with E-state index in [1.165, 1.54) is 45.3 Å². The molecular formula is C42H54Br2N2O9S4. The van der Waals surface area contributed by atoms with Crippen molar-refractivity contribution in [2.24, 2.45) is 11.8 Å². The van der Waals surface area contributed by atoms with Crippen LogP contribution < -0.4 is 34.0 Å². The lowest BCUT2D eigenvalue weighted by atomic mass is 9.83. The number of rotatable bonds is 16. The van der Waals surface area contributed by atoms with Gasteiger partial charge in [-0.2, -0.15) is 0 Å². The molecule has 0 radical (unpaired) electrons. The van der Waals surface area contributed by atoms with E-state index in [9.17, 15) is 19.8 Å². The summed E-state index contributed by atoms with van der Waals surface area (Å²) in [6.07, 6.45) is 4.36. The third-order valence-corrected chi connectivity index (χ3v) is 16.8. The van der Waals surface area contributed by atoms with Crippen molar-refractivity contribution >= 4 is 57.3 Å². The molecule has 7 fully saturated rings. The van der Waals surface area contributed by atoms with E-state index in [0.717, 1.165) is 93.6 Å². The van der Waals surface area contributed by atoms with Gasteiger partial charge in [0.25, 0.3) is 0 Å². The van der Waals surface area contributed by atoms with Gasteiger partial charge >= 0.3 is 11.9 Å². The van der Waals surface area contributed by atoms with Gasteiger partial charge in [-0.25, -0.2) is 9.59 Å². The van der Waals surface area contributed by atoms with Crippen molar-refractivity contribution in [1.82, 2.24) is 0 Å². The molecule has 11 heterocycles. The van der Waals surface area contributed by atoms with Crippen molar-refractivity contribution in [3.05, 3.63) is 89.6 Å². The maximum Gasteiger partial charge on any atom is 0.349 e. The molecule has 7 aliphatic heterocycles. The minimum Gasteiger partial charge on any atom is -1.00 e. The summed E-state index contributed by atoms with van der Waals surface area (Å²) in [5, 5.41) is 30.4. The van der Waals surface area contributed by atoms with E-state index in [-0.39, 0.29) is 46.2 Å². The third-order valence-electron chi connectivity index (χ3n) is 12.8. The second-order valence-corrected chi connectivity index (χ2v) is 20.1. The van der Waals surface area contributed by atoms with Gasteiger partial charge in [0.05, 0.1) is 72.1 Å². The number of hydrogen-bond donors (Lipinski definition) is 2. The Balaban J connectivity index is 0.000000193. The van der Waals surface area contributed by atoms with E-state index in [0.29, 0.717) is 57.3 Å². The van der Waals surface area contributed by atoms with E-state index in [4.69, 9.17) is 23.7 Å². The van der Waals surface area contributed by atoms with Crippen LogP contribution in [0.4, 0.5) is 0 Å². The number of epoxide rings is 1. The lowest BCUT2D eigenvalue weighted by Gasteiger charge is -2.52. The van der Waals surface area contributed by atoms with Crippen LogP contribution >= 0.6 is 45.3 Å². The highest BCUT2D eigenvalue weighted by Gasteiger charge is 2.53. The van der Waals surface area contributed by atoms with E-state index in [1.807, 2.05) is 45.8 Å². The molecule has 4 aromatic rings. The van der Waals surface area contributed by atoms with Gasteiger partial charge in [-0.1, -0.05) is 24.3 Å². The first kappa shape index (κ1) is 46.9. The average molecular weight is 1020 g/mol. The number of piperidine rings is 6. The third kappa shape index (κ3) is 10.1. The lowest BCUT2D eigenvalue weighted by molar-refractivity contribution is -0.946. The summed E-state index contributed by atoms with van der Waals surface area (Å²) in [5.41, 5.74) is -3.44. The van der Waals surface area contributed by atoms with Crippen LogP contribution in [0.2, 0.25) is 0 Å². The number of carbonyl (C=O) groups excluding carboxylic acids is 2. The van der Waals surface area contributed by atoms with Crippen LogP contribution in [0.5, 0.6) is 0 Å². The average Bonchev–Trinajstić information content (AvgIpc) is 3.89. The fraction of sp³-hybridized carbons (Fsp3) is 0.571. The molecule has 0 saturated carbocycles. The van der Waals surface area contributed by atoms with E-state index in [2.05, 4.69) is 0 Å². The Morgan fingerprint density at radius 1 is 0.678 bits per heavy atom. The molecule has 3 atom stereocenters. The minimum absolute atomic E-state index is 0. The quantitative estimate of drug-likeness (QED) is 0.0661. The summed E-state index contributed by atoms with van der Waals surface area (Å²) in [6.45, 7) is 10.9. The molecule has 0 spiro atoms. The van der Waals surface area contributed by atoms with Gasteiger partial charge in [0, 0.05) is 44.6 Å². The second kappa shape index (κ2) is 20.3. The number of hydrogen-bond acceptors (Lipinski definition) is 13. The highest BCUT2D eigenvalue weighted by atomic mass is 79.9. The molecule has 11 nitrogen and oxygen atoms in total. The van der Waals surface area contributed by atoms with Crippen molar-refractivity contribution in [3.63, 3.8) is 0 Å². The van der Waals surface area contributed by atoms with Crippen LogP contribution in [-0.4, -0.2) is 135 Å². The van der Waals surface area contributed by atoms with Crippen molar-refractivity contribution in [2.75, 3.05) is 85.9 Å². The van der Waals surface area contributed by atoms with Crippen LogP contribution in [0, 0.1) is 11.8 Å². The molecule has 4 aromatic heterocycles. The SMILES string of the molecule is COCCOCC[N+]12CCC(CC1)[C@@H](OC(=O)C(O)(c1cccs1)c1cccs1)C2.O=C(O[C@H]1C[N+]2(CC3CO3)CCC1CC2)C(O)(c1cccs1)c1cccs1.[Br-].[Br-]. The molecular weight excluding hydrogens is 965 g/mol. The van der Waals surface area contributed by atoms with Gasteiger partial charge in [0.2, 0.25) is 11.2 Å². The number of aliphatic hydroxyl groups is 2. The van der Waals surface area contributed by atoms with Gasteiger partial charge in [-0.15, -0.1) is 45.3 Å². The van der Waals surface area contributed by atoms with Crippen molar-refractivity contribution in [2.45, 2.75) is 55.2 Å². The smallest absolute Gasteiger partial charge is 0.349 e. The van der Waals surface area contributed by atoms with Gasteiger partial charge in [0.15, 0.2) is 12.2 Å². The summed E-state index contributed by atoms with van der Waals surface area (Å²) in [7, 11) is 1.67. The first-order valence-electron chi connectivity index (χ1n) is 20.1. The maximum absolute atomic E-state index is 13.3. The minimum atomic E-state index is -1.73. The number of methoxy groups -OCH3 is 1. The fourth-order valence-corrected chi connectivity index (χ4v) is 12.8. The van der Waals surface area contributed by atoms with Gasteiger partial charge < -0.3 is 76.8 Å². The number of fused-ring (bicyclic) bond motifs is 6. The molecule has 7 aliphatic rings. The Kier molecular flexibility index (Phi) is 16.1. The number of nitrogens with zero attached hydrogens (tertiary/aromatic N) is 2. The Morgan fingerprint density at radius 2 is 1.08 bits per heavy atom.